The van der Waals surface area contributed by atoms with E-state index < -0.39 is 23.2 Å². The van der Waals surface area contributed by atoms with Crippen molar-refractivity contribution in [2.24, 2.45) is 7.05 Å². The summed E-state index contributed by atoms with van der Waals surface area (Å²) in [6, 6.07) is 7.57. The van der Waals surface area contributed by atoms with Gasteiger partial charge in [0.05, 0.1) is 24.4 Å². The van der Waals surface area contributed by atoms with Gasteiger partial charge in [0, 0.05) is 24.2 Å². The molecule has 2 aliphatic rings. The summed E-state index contributed by atoms with van der Waals surface area (Å²) in [4.78, 5) is 28.7. The van der Waals surface area contributed by atoms with E-state index in [0.717, 1.165) is 14.7 Å². The molecule has 3 aromatic rings. The van der Waals surface area contributed by atoms with Gasteiger partial charge in [0.2, 0.25) is 18.4 Å². The Kier molecular flexibility index (Phi) is 5.10. The summed E-state index contributed by atoms with van der Waals surface area (Å²) >= 11 is 5.99. The summed E-state index contributed by atoms with van der Waals surface area (Å²) in [5, 5.41) is 11.5. The minimum Gasteiger partial charge on any atom is -0.494 e. The van der Waals surface area contributed by atoms with Crippen LogP contribution in [0.25, 0.3) is 5.69 Å². The van der Waals surface area contributed by atoms with Crippen LogP contribution in [-0.2, 0) is 13.5 Å². The van der Waals surface area contributed by atoms with Crippen LogP contribution in [0.3, 0.4) is 0 Å². The van der Waals surface area contributed by atoms with Gasteiger partial charge in [-0.1, -0.05) is 11.6 Å². The second kappa shape index (κ2) is 7.86. The number of ether oxygens (including phenoxy) is 3. The minimum atomic E-state index is -0.684. The number of hydrogen-bond acceptors (Lipinski definition) is 7. The van der Waals surface area contributed by atoms with Gasteiger partial charge in [0.15, 0.2) is 11.5 Å². The lowest BCUT2D eigenvalue weighted by atomic mass is 9.87. The van der Waals surface area contributed by atoms with Crippen molar-refractivity contribution in [1.82, 2.24) is 14.0 Å². The summed E-state index contributed by atoms with van der Waals surface area (Å²) in [5.74, 6) is 1.08. The molecule has 1 atom stereocenters. The molecule has 172 valence electrons. The average molecular weight is 472 g/mol. The number of hydrogen-bond donors (Lipinski definition) is 1. The van der Waals surface area contributed by atoms with Crippen molar-refractivity contribution < 1.29 is 19.3 Å². The summed E-state index contributed by atoms with van der Waals surface area (Å²) in [7, 11) is 4.80. The molecule has 2 aliphatic heterocycles. The first kappa shape index (κ1) is 21.4. The Labute approximate surface area is 193 Å². The average Bonchev–Trinajstić information content (AvgIpc) is 3.27. The molecule has 0 bridgehead atoms. The van der Waals surface area contributed by atoms with Gasteiger partial charge < -0.3 is 19.3 Å². The SMILES string of the molecule is COc1c2c(cc3c1[C@@H](c1c(O)n(C)c(=O)n(-c4ccc(Cl)cc4)c1=O)N(C)CC3)OCO2. The van der Waals surface area contributed by atoms with Gasteiger partial charge in [-0.15, -0.1) is 0 Å². The summed E-state index contributed by atoms with van der Waals surface area (Å²) in [6.07, 6.45) is 0.688. The molecule has 1 aromatic heterocycles. The predicted molar refractivity (Wildman–Crippen MR) is 121 cm³/mol. The van der Waals surface area contributed by atoms with Gasteiger partial charge in [0.1, 0.15) is 0 Å². The van der Waals surface area contributed by atoms with Crippen LogP contribution in [-0.4, -0.2) is 46.6 Å². The summed E-state index contributed by atoms with van der Waals surface area (Å²) in [5.41, 5.74) is 0.742. The van der Waals surface area contributed by atoms with Crippen LogP contribution in [0, 0.1) is 0 Å². The molecule has 33 heavy (non-hydrogen) atoms. The Balaban J connectivity index is 1.82. The van der Waals surface area contributed by atoms with Crippen molar-refractivity contribution in [3.63, 3.8) is 0 Å². The van der Waals surface area contributed by atoms with Crippen LogP contribution < -0.4 is 25.5 Å². The zero-order valence-electron chi connectivity index (χ0n) is 18.3. The number of aromatic nitrogens is 2. The van der Waals surface area contributed by atoms with Crippen LogP contribution in [0.15, 0.2) is 39.9 Å². The van der Waals surface area contributed by atoms with E-state index in [-0.39, 0.29) is 12.4 Å². The zero-order chi connectivity index (χ0) is 23.4. The van der Waals surface area contributed by atoms with Gasteiger partial charge in [-0.2, -0.15) is 0 Å². The maximum absolute atomic E-state index is 13.8. The number of methoxy groups -OCH3 is 1. The molecule has 1 N–H and O–H groups in total. The normalized spacial score (nSPS) is 17.2. The first-order chi connectivity index (χ1) is 15.8. The smallest absolute Gasteiger partial charge is 0.338 e. The third-order valence-corrected chi connectivity index (χ3v) is 6.48. The molecule has 9 nitrogen and oxygen atoms in total. The molecule has 0 aliphatic carbocycles. The maximum atomic E-state index is 13.8. The highest BCUT2D eigenvalue weighted by Crippen LogP contribution is 2.51. The monoisotopic (exact) mass is 471 g/mol. The molecule has 0 saturated heterocycles. The quantitative estimate of drug-likeness (QED) is 0.625. The van der Waals surface area contributed by atoms with Gasteiger partial charge in [0.25, 0.3) is 5.56 Å². The van der Waals surface area contributed by atoms with Crippen molar-refractivity contribution in [1.29, 1.82) is 0 Å². The molecule has 0 radical (unpaired) electrons. The number of benzene rings is 2. The first-order valence-corrected chi connectivity index (χ1v) is 10.7. The van der Waals surface area contributed by atoms with Crippen molar-refractivity contribution in [3.05, 3.63) is 72.9 Å². The Hall–Kier alpha value is -3.43. The zero-order valence-corrected chi connectivity index (χ0v) is 19.0. The molecule has 0 amide bonds. The molecule has 2 aromatic carbocycles. The fourth-order valence-electron chi connectivity index (χ4n) is 4.58. The lowest BCUT2D eigenvalue weighted by Gasteiger charge is -2.36. The number of aromatic hydroxyl groups is 1. The molecule has 3 heterocycles. The van der Waals surface area contributed by atoms with Crippen LogP contribution in [0.2, 0.25) is 5.02 Å². The van der Waals surface area contributed by atoms with Crippen molar-refractivity contribution in [2.75, 3.05) is 27.5 Å². The van der Waals surface area contributed by atoms with Gasteiger partial charge >= 0.3 is 5.69 Å². The highest BCUT2D eigenvalue weighted by atomic mass is 35.5. The first-order valence-electron chi connectivity index (χ1n) is 10.3. The Morgan fingerprint density at radius 3 is 2.55 bits per heavy atom. The molecule has 0 fully saturated rings. The number of nitrogens with zero attached hydrogens (tertiary/aromatic N) is 3. The highest BCUT2D eigenvalue weighted by Gasteiger charge is 2.38. The van der Waals surface area contributed by atoms with Crippen LogP contribution in [0.5, 0.6) is 23.1 Å². The largest absolute Gasteiger partial charge is 0.494 e. The van der Waals surface area contributed by atoms with Gasteiger partial charge in [-0.25, -0.2) is 9.36 Å². The lowest BCUT2D eigenvalue weighted by molar-refractivity contribution is 0.170. The van der Waals surface area contributed by atoms with E-state index in [1.165, 1.54) is 14.2 Å². The second-order valence-corrected chi connectivity index (χ2v) is 8.48. The van der Waals surface area contributed by atoms with Crippen LogP contribution in [0.1, 0.15) is 22.7 Å². The molecule has 0 unspecified atom stereocenters. The molecular formula is C23H22ClN3O6. The fourth-order valence-corrected chi connectivity index (χ4v) is 4.70. The standard InChI is InChI=1S/C23H22ClN3O6/c1-25-9-8-12-10-15-19(33-11-32-15)20(31-3)16(12)18(25)17-21(28)26(2)23(30)27(22(17)29)14-6-4-13(24)5-7-14/h4-7,10,18,28H,8-9,11H2,1-3H3/t18-/m0/s1. The topological polar surface area (TPSA) is 95.2 Å². The third-order valence-electron chi connectivity index (χ3n) is 6.22. The van der Waals surface area contributed by atoms with Crippen LogP contribution in [0.4, 0.5) is 0 Å². The second-order valence-electron chi connectivity index (χ2n) is 8.05. The van der Waals surface area contributed by atoms with Crippen molar-refractivity contribution in [3.8, 4) is 28.8 Å². The van der Waals surface area contributed by atoms with E-state index in [2.05, 4.69) is 0 Å². The Morgan fingerprint density at radius 1 is 1.12 bits per heavy atom. The molecule has 0 saturated carbocycles. The van der Waals surface area contributed by atoms with Gasteiger partial charge in [-0.3, -0.25) is 14.3 Å². The fraction of sp³-hybridized carbons (Fsp3) is 0.304. The Bertz CT molecular complexity index is 1380. The van der Waals surface area contributed by atoms with E-state index in [4.69, 9.17) is 25.8 Å². The number of halogens is 1. The predicted octanol–water partition coefficient (Wildman–Crippen LogP) is 2.21. The number of fused-ring (bicyclic) bond motifs is 2. The minimum absolute atomic E-state index is 0.0627. The van der Waals surface area contributed by atoms with Crippen molar-refractivity contribution in [2.45, 2.75) is 12.5 Å². The highest BCUT2D eigenvalue weighted by molar-refractivity contribution is 6.30. The molecule has 5 rings (SSSR count). The number of rotatable bonds is 3. The summed E-state index contributed by atoms with van der Waals surface area (Å²) in [6.45, 7) is 0.687. The lowest BCUT2D eigenvalue weighted by Crippen LogP contribution is -2.44. The third kappa shape index (κ3) is 3.19. The molecule has 0 spiro atoms. The maximum Gasteiger partial charge on any atom is 0.338 e. The Morgan fingerprint density at radius 2 is 1.85 bits per heavy atom. The van der Waals surface area contributed by atoms with E-state index >= 15 is 0 Å². The van der Waals surface area contributed by atoms with Crippen LogP contribution >= 0.6 is 11.6 Å². The number of likely N-dealkylation sites (N-methyl/N-ethyl adjacent to an activating group) is 1. The van der Waals surface area contributed by atoms with Gasteiger partial charge in [-0.05, 0) is 49.4 Å². The van der Waals surface area contributed by atoms with E-state index in [1.807, 2.05) is 18.0 Å². The molecule has 10 heteroatoms. The van der Waals surface area contributed by atoms with E-state index in [1.54, 1.807) is 24.3 Å². The molecular weight excluding hydrogens is 450 g/mol. The van der Waals surface area contributed by atoms with E-state index in [0.29, 0.717) is 46.5 Å². The summed E-state index contributed by atoms with van der Waals surface area (Å²) < 4.78 is 19.0. The van der Waals surface area contributed by atoms with E-state index in [9.17, 15) is 14.7 Å². The van der Waals surface area contributed by atoms with Crippen molar-refractivity contribution >= 4 is 11.6 Å².